The third-order valence-corrected chi connectivity index (χ3v) is 2.31. The summed E-state index contributed by atoms with van der Waals surface area (Å²) < 4.78 is 37.6. The van der Waals surface area contributed by atoms with Crippen LogP contribution in [0.1, 0.15) is 33.6 Å². The fourth-order valence-corrected chi connectivity index (χ4v) is 1.84. The molecule has 1 rings (SSSR count). The molecule has 2 nitrogen and oxygen atoms in total. The first-order valence-corrected chi connectivity index (χ1v) is 4.53. The predicted molar refractivity (Wildman–Crippen MR) is 45.7 cm³/mol. The van der Waals surface area contributed by atoms with Crippen molar-refractivity contribution in [2.75, 3.05) is 0 Å². The number of hydrogen-bond acceptors (Lipinski definition) is 1. The normalized spacial score (nSPS) is 24.6. The minimum absolute atomic E-state index is 0.00144. The topological polar surface area (TPSA) is 20.3 Å². The SMILES string of the molecule is CC(C)(C)N1C(=O)CCC1C(F)(F)F. The van der Waals surface area contributed by atoms with Gasteiger partial charge < -0.3 is 4.90 Å². The number of alkyl halides is 3. The lowest BCUT2D eigenvalue weighted by molar-refractivity contribution is -0.190. The molecule has 0 N–H and O–H groups in total. The number of carbonyl (C=O) groups is 1. The smallest absolute Gasteiger partial charge is 0.326 e. The predicted octanol–water partition coefficient (Wildman–Crippen LogP) is 2.34. The van der Waals surface area contributed by atoms with Crippen LogP contribution in [0.25, 0.3) is 0 Å². The van der Waals surface area contributed by atoms with Gasteiger partial charge in [0.15, 0.2) is 0 Å². The number of nitrogens with zero attached hydrogens (tertiary/aromatic N) is 1. The summed E-state index contributed by atoms with van der Waals surface area (Å²) in [6.07, 6.45) is -4.42. The highest BCUT2D eigenvalue weighted by molar-refractivity contribution is 5.79. The molecule has 82 valence electrons. The van der Waals surface area contributed by atoms with Crippen LogP contribution in [0.15, 0.2) is 0 Å². The van der Waals surface area contributed by atoms with E-state index in [1.807, 2.05) is 0 Å². The molecule has 1 fully saturated rings. The van der Waals surface area contributed by atoms with Crippen LogP contribution in [0.2, 0.25) is 0 Å². The molecule has 0 bridgehead atoms. The fourth-order valence-electron chi connectivity index (χ4n) is 1.84. The molecular formula is C9H14F3NO. The van der Waals surface area contributed by atoms with E-state index in [2.05, 4.69) is 0 Å². The van der Waals surface area contributed by atoms with Crippen LogP contribution < -0.4 is 0 Å². The molecule has 0 spiro atoms. The first-order valence-electron chi connectivity index (χ1n) is 4.53. The molecule has 1 aliphatic heterocycles. The second-order valence-corrected chi connectivity index (χ2v) is 4.53. The zero-order chi connectivity index (χ0) is 11.1. The molecule has 1 saturated heterocycles. The average molecular weight is 209 g/mol. The Morgan fingerprint density at radius 1 is 1.29 bits per heavy atom. The zero-order valence-electron chi connectivity index (χ0n) is 8.48. The number of carbonyl (C=O) groups excluding carboxylic acids is 1. The van der Waals surface area contributed by atoms with Gasteiger partial charge in [-0.3, -0.25) is 4.79 Å². The maximum absolute atomic E-state index is 12.5. The van der Waals surface area contributed by atoms with Gasteiger partial charge in [-0.25, -0.2) is 0 Å². The van der Waals surface area contributed by atoms with Crippen LogP contribution in [0.4, 0.5) is 13.2 Å². The summed E-state index contributed by atoms with van der Waals surface area (Å²) in [6, 6.07) is -1.60. The Balaban J connectivity index is 2.94. The first kappa shape index (κ1) is 11.3. The molecule has 1 atom stereocenters. The Bertz CT molecular complexity index is 241. The van der Waals surface area contributed by atoms with E-state index in [0.29, 0.717) is 0 Å². The van der Waals surface area contributed by atoms with Crippen molar-refractivity contribution < 1.29 is 18.0 Å². The van der Waals surface area contributed by atoms with E-state index < -0.39 is 23.7 Å². The monoisotopic (exact) mass is 209 g/mol. The summed E-state index contributed by atoms with van der Waals surface area (Å²) in [5, 5.41) is 0. The maximum atomic E-state index is 12.5. The molecule has 0 saturated carbocycles. The van der Waals surface area contributed by atoms with Crippen molar-refractivity contribution >= 4 is 5.91 Å². The lowest BCUT2D eigenvalue weighted by Gasteiger charge is -2.37. The minimum atomic E-state index is -4.31. The second-order valence-electron chi connectivity index (χ2n) is 4.53. The number of rotatable bonds is 0. The van der Waals surface area contributed by atoms with Crippen molar-refractivity contribution in [3.63, 3.8) is 0 Å². The highest BCUT2D eigenvalue weighted by Gasteiger charge is 2.52. The summed E-state index contributed by atoms with van der Waals surface area (Å²) >= 11 is 0. The molecule has 1 unspecified atom stereocenters. The fraction of sp³-hybridized carbons (Fsp3) is 0.889. The molecule has 1 heterocycles. The third-order valence-electron chi connectivity index (χ3n) is 2.31. The van der Waals surface area contributed by atoms with Crippen molar-refractivity contribution in [2.45, 2.75) is 51.4 Å². The van der Waals surface area contributed by atoms with Crippen molar-refractivity contribution in [3.8, 4) is 0 Å². The van der Waals surface area contributed by atoms with Gasteiger partial charge in [0.05, 0.1) is 0 Å². The van der Waals surface area contributed by atoms with E-state index >= 15 is 0 Å². The van der Waals surface area contributed by atoms with E-state index in [1.165, 1.54) is 0 Å². The Hall–Kier alpha value is -0.740. The Morgan fingerprint density at radius 3 is 2.07 bits per heavy atom. The van der Waals surface area contributed by atoms with Crippen LogP contribution in [0.5, 0.6) is 0 Å². The summed E-state index contributed by atoms with van der Waals surface area (Å²) in [6.45, 7) is 4.86. The van der Waals surface area contributed by atoms with Gasteiger partial charge in [-0.1, -0.05) is 0 Å². The molecule has 0 aromatic heterocycles. The molecule has 5 heteroatoms. The van der Waals surface area contributed by atoms with E-state index in [1.54, 1.807) is 20.8 Å². The Labute approximate surface area is 81.1 Å². The van der Waals surface area contributed by atoms with Crippen LogP contribution in [-0.4, -0.2) is 28.6 Å². The van der Waals surface area contributed by atoms with Crippen molar-refractivity contribution in [1.82, 2.24) is 4.90 Å². The quantitative estimate of drug-likeness (QED) is 0.599. The molecule has 0 aliphatic carbocycles. The number of likely N-dealkylation sites (tertiary alicyclic amines) is 1. The average Bonchev–Trinajstić information content (AvgIpc) is 2.27. The molecule has 1 amide bonds. The largest absolute Gasteiger partial charge is 0.408 e. The van der Waals surface area contributed by atoms with Crippen molar-refractivity contribution in [3.05, 3.63) is 0 Å². The van der Waals surface area contributed by atoms with Crippen LogP contribution >= 0.6 is 0 Å². The lowest BCUT2D eigenvalue weighted by Crippen LogP contribution is -2.52. The first-order chi connectivity index (χ1) is 6.14. The van der Waals surface area contributed by atoms with Crippen LogP contribution in [0, 0.1) is 0 Å². The molecule has 14 heavy (non-hydrogen) atoms. The van der Waals surface area contributed by atoms with Crippen molar-refractivity contribution in [1.29, 1.82) is 0 Å². The van der Waals surface area contributed by atoms with Gasteiger partial charge >= 0.3 is 6.18 Å². The van der Waals surface area contributed by atoms with Gasteiger partial charge in [0, 0.05) is 12.0 Å². The summed E-state index contributed by atoms with van der Waals surface area (Å²) in [5.41, 5.74) is -0.756. The number of amides is 1. The van der Waals surface area contributed by atoms with Gasteiger partial charge in [0.25, 0.3) is 0 Å². The minimum Gasteiger partial charge on any atom is -0.326 e. The highest BCUT2D eigenvalue weighted by Crippen LogP contribution is 2.37. The van der Waals surface area contributed by atoms with E-state index in [-0.39, 0.29) is 12.8 Å². The highest BCUT2D eigenvalue weighted by atomic mass is 19.4. The summed E-state index contributed by atoms with van der Waals surface area (Å²) in [4.78, 5) is 12.3. The van der Waals surface area contributed by atoms with Gasteiger partial charge in [-0.2, -0.15) is 13.2 Å². The summed E-state index contributed by atoms with van der Waals surface area (Å²) in [5.74, 6) is -0.403. The van der Waals surface area contributed by atoms with Crippen LogP contribution in [0.3, 0.4) is 0 Å². The number of halogens is 3. The molecule has 0 radical (unpaired) electrons. The van der Waals surface area contributed by atoms with Crippen LogP contribution in [-0.2, 0) is 4.79 Å². The molecule has 0 aromatic rings. The molecule has 1 aliphatic rings. The Kier molecular flexibility index (Phi) is 2.54. The standard InChI is InChI=1S/C9H14F3NO/c1-8(2,3)13-6(9(10,11)12)4-5-7(13)14/h6H,4-5H2,1-3H3. The zero-order valence-corrected chi connectivity index (χ0v) is 8.48. The molecule has 0 aromatic carbocycles. The second kappa shape index (κ2) is 3.14. The van der Waals surface area contributed by atoms with E-state index in [9.17, 15) is 18.0 Å². The van der Waals surface area contributed by atoms with E-state index in [4.69, 9.17) is 0 Å². The van der Waals surface area contributed by atoms with Gasteiger partial charge in [-0.05, 0) is 27.2 Å². The van der Waals surface area contributed by atoms with Gasteiger partial charge in [0.2, 0.25) is 5.91 Å². The lowest BCUT2D eigenvalue weighted by atomic mass is 10.0. The Morgan fingerprint density at radius 2 is 1.79 bits per heavy atom. The van der Waals surface area contributed by atoms with E-state index in [0.717, 1.165) is 4.90 Å². The van der Waals surface area contributed by atoms with Gasteiger partial charge in [0.1, 0.15) is 6.04 Å². The maximum Gasteiger partial charge on any atom is 0.408 e. The van der Waals surface area contributed by atoms with Crippen molar-refractivity contribution in [2.24, 2.45) is 0 Å². The third kappa shape index (κ3) is 2.01. The number of hydrogen-bond donors (Lipinski definition) is 0. The van der Waals surface area contributed by atoms with Gasteiger partial charge in [-0.15, -0.1) is 0 Å². The molecular weight excluding hydrogens is 195 g/mol. The summed E-state index contributed by atoms with van der Waals surface area (Å²) in [7, 11) is 0.